The number of rotatable bonds is 4. The monoisotopic (exact) mass is 295 g/mol. The highest BCUT2D eigenvalue weighted by molar-refractivity contribution is 6.31. The first-order chi connectivity index (χ1) is 9.47. The van der Waals surface area contributed by atoms with Crippen molar-refractivity contribution in [2.24, 2.45) is 7.05 Å². The third-order valence-electron chi connectivity index (χ3n) is 2.99. The summed E-state index contributed by atoms with van der Waals surface area (Å²) in [6.45, 7) is 0.429. The smallest absolute Gasteiger partial charge is 0.227 e. The van der Waals surface area contributed by atoms with E-state index >= 15 is 0 Å². The van der Waals surface area contributed by atoms with Crippen LogP contribution in [-0.4, -0.2) is 27.6 Å². The maximum Gasteiger partial charge on any atom is 0.227 e. The molecule has 0 aliphatic heterocycles. The number of aromatic nitrogens is 2. The number of amides is 1. The molecule has 0 spiro atoms. The summed E-state index contributed by atoms with van der Waals surface area (Å²) >= 11 is 5.92. The molecule has 0 atom stereocenters. The number of carbonyl (C=O) groups is 1. The molecular weight excluding hydrogens is 281 g/mol. The number of aryl methyl sites for hydroxylation is 1. The maximum absolute atomic E-state index is 13.6. The van der Waals surface area contributed by atoms with Crippen LogP contribution in [0.4, 0.5) is 4.39 Å². The van der Waals surface area contributed by atoms with E-state index in [2.05, 4.69) is 5.10 Å². The first kappa shape index (κ1) is 14.5. The molecule has 0 bridgehead atoms. The van der Waals surface area contributed by atoms with E-state index in [9.17, 15) is 9.18 Å². The van der Waals surface area contributed by atoms with Crippen molar-refractivity contribution in [2.75, 3.05) is 7.05 Å². The van der Waals surface area contributed by atoms with Gasteiger partial charge in [-0.25, -0.2) is 4.39 Å². The fourth-order valence-corrected chi connectivity index (χ4v) is 2.13. The van der Waals surface area contributed by atoms with Gasteiger partial charge in [0.25, 0.3) is 0 Å². The Hall–Kier alpha value is -1.88. The van der Waals surface area contributed by atoms with Gasteiger partial charge in [0, 0.05) is 43.0 Å². The first-order valence-corrected chi connectivity index (χ1v) is 6.49. The summed E-state index contributed by atoms with van der Waals surface area (Å²) in [6.07, 6.45) is 3.47. The summed E-state index contributed by atoms with van der Waals surface area (Å²) in [4.78, 5) is 13.6. The molecule has 0 fully saturated rings. The van der Waals surface area contributed by atoms with Crippen LogP contribution in [-0.2, 0) is 24.8 Å². The Morgan fingerprint density at radius 2 is 2.25 bits per heavy atom. The van der Waals surface area contributed by atoms with Crippen LogP contribution >= 0.6 is 11.6 Å². The molecule has 0 saturated carbocycles. The SMILES string of the molecule is CN(Cc1cnn(C)c1)C(=O)Cc1c(F)cccc1Cl. The summed E-state index contributed by atoms with van der Waals surface area (Å²) in [5.41, 5.74) is 1.15. The van der Waals surface area contributed by atoms with E-state index in [-0.39, 0.29) is 22.9 Å². The summed E-state index contributed by atoms with van der Waals surface area (Å²) in [5, 5.41) is 4.31. The lowest BCUT2D eigenvalue weighted by Crippen LogP contribution is -2.28. The van der Waals surface area contributed by atoms with E-state index < -0.39 is 5.82 Å². The molecule has 0 saturated heterocycles. The summed E-state index contributed by atoms with van der Waals surface area (Å²) in [6, 6.07) is 4.40. The molecule has 1 amide bonds. The molecule has 1 heterocycles. The molecule has 0 unspecified atom stereocenters. The lowest BCUT2D eigenvalue weighted by atomic mass is 10.1. The number of carbonyl (C=O) groups excluding carboxylic acids is 1. The number of halogens is 2. The summed E-state index contributed by atoms with van der Waals surface area (Å²) < 4.78 is 15.3. The minimum Gasteiger partial charge on any atom is -0.341 e. The molecule has 0 aliphatic rings. The molecule has 2 aromatic rings. The van der Waals surface area contributed by atoms with Gasteiger partial charge in [-0.05, 0) is 12.1 Å². The van der Waals surface area contributed by atoms with Crippen LogP contribution in [0.15, 0.2) is 30.6 Å². The quantitative estimate of drug-likeness (QED) is 0.869. The molecule has 1 aromatic heterocycles. The van der Waals surface area contributed by atoms with Crippen LogP contribution in [0, 0.1) is 5.82 Å². The van der Waals surface area contributed by atoms with Gasteiger partial charge < -0.3 is 4.90 Å². The normalized spacial score (nSPS) is 10.6. The average molecular weight is 296 g/mol. The molecule has 0 radical (unpaired) electrons. The Morgan fingerprint density at radius 3 is 2.85 bits per heavy atom. The Morgan fingerprint density at radius 1 is 1.50 bits per heavy atom. The van der Waals surface area contributed by atoms with Crippen molar-refractivity contribution >= 4 is 17.5 Å². The molecule has 1 aromatic carbocycles. The first-order valence-electron chi connectivity index (χ1n) is 6.11. The molecule has 20 heavy (non-hydrogen) atoms. The van der Waals surface area contributed by atoms with Crippen molar-refractivity contribution < 1.29 is 9.18 Å². The van der Waals surface area contributed by atoms with E-state index in [1.54, 1.807) is 24.0 Å². The minimum atomic E-state index is -0.458. The Bertz CT molecular complexity index is 606. The highest BCUT2D eigenvalue weighted by atomic mass is 35.5. The topological polar surface area (TPSA) is 38.1 Å². The zero-order valence-electron chi connectivity index (χ0n) is 11.3. The maximum atomic E-state index is 13.6. The van der Waals surface area contributed by atoms with Gasteiger partial charge in [-0.2, -0.15) is 5.10 Å². The second-order valence-corrected chi connectivity index (χ2v) is 5.06. The molecule has 2 rings (SSSR count). The highest BCUT2D eigenvalue weighted by Gasteiger charge is 2.15. The molecule has 106 valence electrons. The van der Waals surface area contributed by atoms with Gasteiger partial charge in [-0.3, -0.25) is 9.48 Å². The molecule has 6 heteroatoms. The van der Waals surface area contributed by atoms with Crippen molar-refractivity contribution in [1.82, 2.24) is 14.7 Å². The van der Waals surface area contributed by atoms with Crippen LogP contribution < -0.4 is 0 Å². The van der Waals surface area contributed by atoms with Crippen molar-refractivity contribution in [2.45, 2.75) is 13.0 Å². The van der Waals surface area contributed by atoms with E-state index in [0.717, 1.165) is 5.56 Å². The van der Waals surface area contributed by atoms with Crippen LogP contribution in [0.25, 0.3) is 0 Å². The van der Waals surface area contributed by atoms with Gasteiger partial charge >= 0.3 is 0 Å². The number of nitrogens with zero attached hydrogens (tertiary/aromatic N) is 3. The van der Waals surface area contributed by atoms with Crippen molar-refractivity contribution in [3.05, 3.63) is 52.6 Å². The number of likely N-dealkylation sites (N-methyl/N-ethyl adjacent to an activating group) is 1. The number of benzene rings is 1. The lowest BCUT2D eigenvalue weighted by Gasteiger charge is -2.16. The minimum absolute atomic E-state index is 0.0533. The average Bonchev–Trinajstić information content (AvgIpc) is 2.79. The van der Waals surface area contributed by atoms with Crippen molar-refractivity contribution in [3.63, 3.8) is 0 Å². The second kappa shape index (κ2) is 6.05. The van der Waals surface area contributed by atoms with Gasteiger partial charge in [-0.1, -0.05) is 17.7 Å². The second-order valence-electron chi connectivity index (χ2n) is 4.65. The third kappa shape index (κ3) is 3.36. The fraction of sp³-hybridized carbons (Fsp3) is 0.286. The van der Waals surface area contributed by atoms with Crippen LogP contribution in [0.3, 0.4) is 0 Å². The lowest BCUT2D eigenvalue weighted by molar-refractivity contribution is -0.129. The Kier molecular flexibility index (Phi) is 4.39. The summed E-state index contributed by atoms with van der Waals surface area (Å²) in [5.74, 6) is -0.651. The molecule has 0 aliphatic carbocycles. The third-order valence-corrected chi connectivity index (χ3v) is 3.35. The van der Waals surface area contributed by atoms with E-state index in [1.807, 2.05) is 13.2 Å². The zero-order valence-corrected chi connectivity index (χ0v) is 12.1. The molecule has 4 nitrogen and oxygen atoms in total. The summed E-state index contributed by atoms with van der Waals surface area (Å²) in [7, 11) is 3.48. The predicted octanol–water partition coefficient (Wildman–Crippen LogP) is 2.41. The predicted molar refractivity (Wildman–Crippen MR) is 74.8 cm³/mol. The van der Waals surface area contributed by atoms with E-state index in [4.69, 9.17) is 11.6 Å². The van der Waals surface area contributed by atoms with Crippen molar-refractivity contribution in [1.29, 1.82) is 0 Å². The van der Waals surface area contributed by atoms with Gasteiger partial charge in [0.05, 0.1) is 12.6 Å². The van der Waals surface area contributed by atoms with Crippen LogP contribution in [0.1, 0.15) is 11.1 Å². The molecule has 0 N–H and O–H groups in total. The van der Waals surface area contributed by atoms with Gasteiger partial charge in [0.15, 0.2) is 0 Å². The van der Waals surface area contributed by atoms with Crippen LogP contribution in [0.2, 0.25) is 5.02 Å². The van der Waals surface area contributed by atoms with E-state index in [1.165, 1.54) is 17.0 Å². The largest absolute Gasteiger partial charge is 0.341 e. The highest BCUT2D eigenvalue weighted by Crippen LogP contribution is 2.20. The Labute approximate surface area is 121 Å². The van der Waals surface area contributed by atoms with Gasteiger partial charge in [-0.15, -0.1) is 0 Å². The van der Waals surface area contributed by atoms with E-state index in [0.29, 0.717) is 6.54 Å². The van der Waals surface area contributed by atoms with Gasteiger partial charge in [0.1, 0.15) is 5.82 Å². The molecular formula is C14H15ClFN3O. The number of hydrogen-bond donors (Lipinski definition) is 0. The van der Waals surface area contributed by atoms with Crippen molar-refractivity contribution in [3.8, 4) is 0 Å². The van der Waals surface area contributed by atoms with Crippen LogP contribution in [0.5, 0.6) is 0 Å². The fourth-order valence-electron chi connectivity index (χ4n) is 1.90. The number of hydrogen-bond acceptors (Lipinski definition) is 2. The Balaban J connectivity index is 2.04. The zero-order chi connectivity index (χ0) is 14.7. The van der Waals surface area contributed by atoms with Gasteiger partial charge in [0.2, 0.25) is 5.91 Å². The standard InChI is InChI=1S/C14H15ClFN3O/c1-18(8-10-7-17-19(2)9-10)14(20)6-11-12(15)4-3-5-13(11)16/h3-5,7,9H,6,8H2,1-2H3.